The lowest BCUT2D eigenvalue weighted by molar-refractivity contribution is 0.0192. The van der Waals surface area contributed by atoms with Gasteiger partial charge in [0.05, 0.1) is 11.5 Å². The van der Waals surface area contributed by atoms with Gasteiger partial charge in [-0.2, -0.15) is 0 Å². The van der Waals surface area contributed by atoms with E-state index < -0.39 is 9.84 Å². The number of sulfone groups is 1. The van der Waals surface area contributed by atoms with Crippen molar-refractivity contribution in [3.05, 3.63) is 0 Å². The van der Waals surface area contributed by atoms with Gasteiger partial charge in [-0.3, -0.25) is 0 Å². The van der Waals surface area contributed by atoms with Crippen LogP contribution < -0.4 is 5.73 Å². The average molecular weight is 231 g/mol. The summed E-state index contributed by atoms with van der Waals surface area (Å²) in [4.78, 5) is 0. The zero-order chi connectivity index (χ0) is 11.3. The Bertz CT molecular complexity index is 351. The van der Waals surface area contributed by atoms with E-state index in [0.29, 0.717) is 16.9 Å². The highest BCUT2D eigenvalue weighted by Crippen LogP contribution is 2.51. The monoisotopic (exact) mass is 231 g/mol. The summed E-state index contributed by atoms with van der Waals surface area (Å²) in [5, 5.41) is 0. The topological polar surface area (TPSA) is 60.2 Å². The number of rotatable bonds is 1. The Balaban J connectivity index is 2.06. The van der Waals surface area contributed by atoms with E-state index in [1.165, 1.54) is 0 Å². The molecule has 0 amide bonds. The van der Waals surface area contributed by atoms with Crippen LogP contribution in [-0.2, 0) is 9.84 Å². The van der Waals surface area contributed by atoms with Crippen molar-refractivity contribution in [1.29, 1.82) is 0 Å². The van der Waals surface area contributed by atoms with Crippen LogP contribution in [0.4, 0.5) is 0 Å². The number of hydrogen-bond donors (Lipinski definition) is 1. The van der Waals surface area contributed by atoms with Gasteiger partial charge < -0.3 is 5.73 Å². The van der Waals surface area contributed by atoms with Crippen molar-refractivity contribution >= 4 is 9.84 Å². The predicted octanol–water partition coefficient (Wildman–Crippen LogP) is 1.33. The molecule has 1 heterocycles. The maximum atomic E-state index is 11.6. The number of hydrogen-bond acceptors (Lipinski definition) is 3. The zero-order valence-electron chi connectivity index (χ0n) is 9.62. The first-order valence-corrected chi connectivity index (χ1v) is 7.54. The highest BCUT2D eigenvalue weighted by Gasteiger charge is 2.52. The summed E-state index contributed by atoms with van der Waals surface area (Å²) in [7, 11) is -2.81. The molecule has 0 aromatic carbocycles. The van der Waals surface area contributed by atoms with E-state index in [2.05, 4.69) is 13.8 Å². The van der Waals surface area contributed by atoms with Crippen molar-refractivity contribution in [2.45, 2.75) is 45.1 Å². The Morgan fingerprint density at radius 1 is 1.27 bits per heavy atom. The van der Waals surface area contributed by atoms with Crippen LogP contribution in [0.3, 0.4) is 0 Å². The molecule has 88 valence electrons. The molecule has 2 fully saturated rings. The normalized spacial score (nSPS) is 36.9. The number of nitrogens with two attached hydrogens (primary N) is 1. The van der Waals surface area contributed by atoms with Gasteiger partial charge in [-0.1, -0.05) is 13.8 Å². The molecule has 0 aromatic rings. The zero-order valence-corrected chi connectivity index (χ0v) is 10.4. The van der Waals surface area contributed by atoms with E-state index in [9.17, 15) is 8.42 Å². The Hall–Kier alpha value is -0.0900. The third kappa shape index (κ3) is 2.21. The molecule has 1 unspecified atom stereocenters. The van der Waals surface area contributed by atoms with Crippen LogP contribution in [0.1, 0.15) is 39.5 Å². The molecule has 0 spiro atoms. The van der Waals surface area contributed by atoms with Gasteiger partial charge in [-0.15, -0.1) is 0 Å². The van der Waals surface area contributed by atoms with Gasteiger partial charge in [0.1, 0.15) is 0 Å². The van der Waals surface area contributed by atoms with Crippen molar-refractivity contribution < 1.29 is 8.42 Å². The van der Waals surface area contributed by atoms with Crippen LogP contribution in [0.15, 0.2) is 0 Å². The standard InChI is InChI=1S/C11H21NO2S/c1-10(2)7-11(12,8-10)9-4-3-5-15(13,14)6-9/h9H,3-8,12H2,1-2H3. The fraction of sp³-hybridized carbons (Fsp3) is 1.00. The molecule has 0 bridgehead atoms. The van der Waals surface area contributed by atoms with Gasteiger partial charge in [-0.25, -0.2) is 8.42 Å². The smallest absolute Gasteiger partial charge is 0.150 e. The molecule has 15 heavy (non-hydrogen) atoms. The molecule has 3 nitrogen and oxygen atoms in total. The van der Waals surface area contributed by atoms with Gasteiger partial charge in [0.25, 0.3) is 0 Å². The fourth-order valence-corrected chi connectivity index (χ4v) is 5.38. The van der Waals surface area contributed by atoms with Gasteiger partial charge in [0, 0.05) is 5.54 Å². The van der Waals surface area contributed by atoms with Crippen LogP contribution in [-0.4, -0.2) is 25.5 Å². The van der Waals surface area contributed by atoms with Crippen molar-refractivity contribution in [1.82, 2.24) is 0 Å². The average Bonchev–Trinajstić information content (AvgIpc) is 1.98. The molecule has 1 aliphatic heterocycles. The molecular formula is C11H21NO2S. The van der Waals surface area contributed by atoms with Crippen LogP contribution in [0.25, 0.3) is 0 Å². The van der Waals surface area contributed by atoms with E-state index in [-0.39, 0.29) is 11.5 Å². The summed E-state index contributed by atoms with van der Waals surface area (Å²) >= 11 is 0. The van der Waals surface area contributed by atoms with Crippen LogP contribution in [0.2, 0.25) is 0 Å². The third-order valence-corrected chi connectivity index (χ3v) is 5.71. The Morgan fingerprint density at radius 3 is 2.33 bits per heavy atom. The summed E-state index contributed by atoms with van der Waals surface area (Å²) in [5.41, 5.74) is 6.43. The molecule has 2 N–H and O–H groups in total. The Labute approximate surface area is 92.3 Å². The first-order valence-electron chi connectivity index (χ1n) is 5.72. The summed E-state index contributed by atoms with van der Waals surface area (Å²) in [6.45, 7) is 4.41. The predicted molar refractivity (Wildman–Crippen MR) is 61.3 cm³/mol. The quantitative estimate of drug-likeness (QED) is 0.740. The molecular weight excluding hydrogens is 210 g/mol. The fourth-order valence-electron chi connectivity index (χ4n) is 3.50. The third-order valence-electron chi connectivity index (χ3n) is 3.89. The minimum Gasteiger partial charge on any atom is -0.325 e. The summed E-state index contributed by atoms with van der Waals surface area (Å²) in [5.74, 6) is 0.881. The second kappa shape index (κ2) is 3.20. The lowest BCUT2D eigenvalue weighted by atomic mass is 9.55. The van der Waals surface area contributed by atoms with Crippen molar-refractivity contribution in [2.24, 2.45) is 17.1 Å². The first-order chi connectivity index (χ1) is 6.73. The van der Waals surface area contributed by atoms with E-state index in [0.717, 1.165) is 25.7 Å². The van der Waals surface area contributed by atoms with Gasteiger partial charge in [0.2, 0.25) is 0 Å². The first kappa shape index (κ1) is 11.4. The molecule has 0 radical (unpaired) electrons. The molecule has 4 heteroatoms. The lowest BCUT2D eigenvalue weighted by Crippen LogP contribution is -2.62. The summed E-state index contributed by atoms with van der Waals surface area (Å²) in [6.07, 6.45) is 3.73. The van der Waals surface area contributed by atoms with E-state index in [1.807, 2.05) is 0 Å². The van der Waals surface area contributed by atoms with E-state index >= 15 is 0 Å². The Morgan fingerprint density at radius 2 is 1.87 bits per heavy atom. The van der Waals surface area contributed by atoms with Crippen molar-refractivity contribution in [2.75, 3.05) is 11.5 Å². The van der Waals surface area contributed by atoms with Crippen LogP contribution >= 0.6 is 0 Å². The largest absolute Gasteiger partial charge is 0.325 e. The highest BCUT2D eigenvalue weighted by molar-refractivity contribution is 7.91. The molecule has 1 aliphatic carbocycles. The van der Waals surface area contributed by atoms with Crippen LogP contribution in [0, 0.1) is 11.3 Å². The minimum absolute atomic E-state index is 0.197. The maximum Gasteiger partial charge on any atom is 0.150 e. The molecule has 0 aromatic heterocycles. The molecule has 1 saturated heterocycles. The van der Waals surface area contributed by atoms with Crippen molar-refractivity contribution in [3.63, 3.8) is 0 Å². The molecule has 2 aliphatic rings. The van der Waals surface area contributed by atoms with E-state index in [1.54, 1.807) is 0 Å². The molecule has 2 rings (SSSR count). The van der Waals surface area contributed by atoms with Crippen molar-refractivity contribution in [3.8, 4) is 0 Å². The molecule has 1 atom stereocenters. The Kier molecular flexibility index (Phi) is 2.43. The second-order valence-electron chi connectivity index (χ2n) is 6.20. The van der Waals surface area contributed by atoms with Gasteiger partial charge in [0.15, 0.2) is 9.84 Å². The van der Waals surface area contributed by atoms with Crippen LogP contribution in [0.5, 0.6) is 0 Å². The molecule has 1 saturated carbocycles. The minimum atomic E-state index is -2.81. The van der Waals surface area contributed by atoms with Gasteiger partial charge >= 0.3 is 0 Å². The van der Waals surface area contributed by atoms with E-state index in [4.69, 9.17) is 5.73 Å². The second-order valence-corrected chi connectivity index (χ2v) is 8.43. The van der Waals surface area contributed by atoms with Gasteiger partial charge in [-0.05, 0) is 37.0 Å². The lowest BCUT2D eigenvalue weighted by Gasteiger charge is -2.55. The summed E-state index contributed by atoms with van der Waals surface area (Å²) < 4.78 is 23.1. The maximum absolute atomic E-state index is 11.6. The highest BCUT2D eigenvalue weighted by atomic mass is 32.2. The SMILES string of the molecule is CC1(C)CC(N)(C2CCCS(=O)(=O)C2)C1. The summed E-state index contributed by atoms with van der Waals surface area (Å²) in [6, 6.07) is 0.